The molecule has 0 saturated carbocycles. The topological polar surface area (TPSA) is 80.9 Å². The summed E-state index contributed by atoms with van der Waals surface area (Å²) in [4.78, 5) is 12.3. The highest BCUT2D eigenvalue weighted by molar-refractivity contribution is 7.80. The molecule has 1 amide bonds. The van der Waals surface area contributed by atoms with Crippen LogP contribution in [0, 0.1) is 12.8 Å². The van der Waals surface area contributed by atoms with Gasteiger partial charge in [-0.05, 0) is 61.3 Å². The zero-order valence-electron chi connectivity index (χ0n) is 20.1. The summed E-state index contributed by atoms with van der Waals surface area (Å²) in [5.74, 6) is 0.746. The van der Waals surface area contributed by atoms with Crippen molar-refractivity contribution in [2.45, 2.75) is 19.4 Å². The van der Waals surface area contributed by atoms with Crippen LogP contribution < -0.4 is 16.0 Å². The number of ether oxygens (including phenoxy) is 3. The van der Waals surface area contributed by atoms with Crippen molar-refractivity contribution in [1.29, 1.82) is 0 Å². The molecule has 1 aromatic carbocycles. The van der Waals surface area contributed by atoms with Gasteiger partial charge in [0.05, 0.1) is 14.2 Å². The number of amides is 1. The monoisotopic (exact) mass is 483 g/mol. The van der Waals surface area contributed by atoms with Crippen LogP contribution in [-0.2, 0) is 19.0 Å². The Morgan fingerprint density at radius 3 is 2.68 bits per heavy atom. The van der Waals surface area contributed by atoms with Crippen LogP contribution in [0.15, 0.2) is 84.5 Å². The highest BCUT2D eigenvalue weighted by atomic mass is 32.1. The third-order valence-electron chi connectivity index (χ3n) is 5.13. The summed E-state index contributed by atoms with van der Waals surface area (Å²) in [6.07, 6.45) is 11.1. The summed E-state index contributed by atoms with van der Waals surface area (Å²) in [6, 6.07) is 8.20. The number of carbonyl (C=O) groups is 1. The predicted molar refractivity (Wildman–Crippen MR) is 140 cm³/mol. The van der Waals surface area contributed by atoms with E-state index in [1.54, 1.807) is 6.08 Å². The van der Waals surface area contributed by atoms with Crippen molar-refractivity contribution in [1.82, 2.24) is 10.6 Å². The van der Waals surface area contributed by atoms with Crippen molar-refractivity contribution in [3.05, 3.63) is 90.1 Å². The number of aryl methyl sites for hydroxylation is 1. The molecule has 2 atom stereocenters. The van der Waals surface area contributed by atoms with Gasteiger partial charge in [0.25, 0.3) is 0 Å². The van der Waals surface area contributed by atoms with Crippen molar-refractivity contribution >= 4 is 28.9 Å². The summed E-state index contributed by atoms with van der Waals surface area (Å²) < 4.78 is 15.6. The molecule has 1 aliphatic carbocycles. The smallest absolute Gasteiger partial charge is 0.250 e. The Bertz CT molecular complexity index is 998. The average Bonchev–Trinajstić information content (AvgIpc) is 2.83. The fraction of sp³-hybridized carbons (Fsp3) is 0.308. The SMILES string of the molecule is C=C(OC)C(C=C(/C=C/C(=O)NC(=S)NC1=CC(CNc2ccccc2C)CC=C1)OC)OC. The Balaban J connectivity index is 1.88. The lowest BCUT2D eigenvalue weighted by atomic mass is 9.99. The molecule has 0 saturated heterocycles. The molecule has 3 N–H and O–H groups in total. The Morgan fingerprint density at radius 1 is 1.24 bits per heavy atom. The maximum atomic E-state index is 12.3. The average molecular weight is 484 g/mol. The predicted octanol–water partition coefficient (Wildman–Crippen LogP) is 4.12. The number of rotatable bonds is 11. The third kappa shape index (κ3) is 8.88. The minimum Gasteiger partial charge on any atom is -0.499 e. The first-order chi connectivity index (χ1) is 16.4. The van der Waals surface area contributed by atoms with Crippen LogP contribution in [0.4, 0.5) is 5.69 Å². The summed E-state index contributed by atoms with van der Waals surface area (Å²) >= 11 is 5.29. The molecular weight excluding hydrogens is 450 g/mol. The molecule has 182 valence electrons. The Morgan fingerprint density at radius 2 is 2.00 bits per heavy atom. The Kier molecular flexibility index (Phi) is 11.1. The molecule has 0 bridgehead atoms. The molecule has 0 heterocycles. The summed E-state index contributed by atoms with van der Waals surface area (Å²) in [5, 5.41) is 9.41. The van der Waals surface area contributed by atoms with Crippen molar-refractivity contribution < 1.29 is 19.0 Å². The van der Waals surface area contributed by atoms with Crippen molar-refractivity contribution in [2.75, 3.05) is 33.2 Å². The first-order valence-electron chi connectivity index (χ1n) is 10.9. The molecule has 0 aromatic heterocycles. The van der Waals surface area contributed by atoms with E-state index in [-0.39, 0.29) is 5.11 Å². The molecule has 8 heteroatoms. The van der Waals surface area contributed by atoms with Crippen LogP contribution in [0.2, 0.25) is 0 Å². The second kappa shape index (κ2) is 14.0. The zero-order chi connectivity index (χ0) is 24.9. The number of methoxy groups -OCH3 is 3. The Labute approximate surface area is 207 Å². The normalized spacial score (nSPS) is 16.4. The maximum absolute atomic E-state index is 12.3. The molecule has 34 heavy (non-hydrogen) atoms. The summed E-state index contributed by atoms with van der Waals surface area (Å²) in [6.45, 7) is 6.65. The number of carbonyl (C=O) groups excluding carboxylic acids is 1. The lowest BCUT2D eigenvalue weighted by Crippen LogP contribution is -2.38. The molecule has 2 rings (SSSR count). The van der Waals surface area contributed by atoms with Crippen molar-refractivity contribution in [2.24, 2.45) is 5.92 Å². The van der Waals surface area contributed by atoms with E-state index in [2.05, 4.69) is 53.7 Å². The number of hydrogen-bond donors (Lipinski definition) is 3. The van der Waals surface area contributed by atoms with Crippen LogP contribution in [0.1, 0.15) is 12.0 Å². The highest BCUT2D eigenvalue weighted by Crippen LogP contribution is 2.19. The van der Waals surface area contributed by atoms with E-state index in [0.717, 1.165) is 24.4 Å². The lowest BCUT2D eigenvalue weighted by molar-refractivity contribution is -0.115. The van der Waals surface area contributed by atoms with Crippen LogP contribution in [0.25, 0.3) is 0 Å². The summed E-state index contributed by atoms with van der Waals surface area (Å²) in [5.41, 5.74) is 3.18. The first-order valence-corrected chi connectivity index (χ1v) is 11.3. The van der Waals surface area contributed by atoms with Gasteiger partial charge in [-0.3, -0.25) is 10.1 Å². The van der Waals surface area contributed by atoms with Gasteiger partial charge in [0.15, 0.2) is 5.11 Å². The van der Waals surface area contributed by atoms with E-state index < -0.39 is 12.0 Å². The van der Waals surface area contributed by atoms with Crippen LogP contribution >= 0.6 is 12.2 Å². The number of benzene rings is 1. The highest BCUT2D eigenvalue weighted by Gasteiger charge is 2.12. The van der Waals surface area contributed by atoms with Gasteiger partial charge in [0.2, 0.25) is 5.91 Å². The van der Waals surface area contributed by atoms with E-state index in [4.69, 9.17) is 26.4 Å². The van der Waals surface area contributed by atoms with E-state index in [9.17, 15) is 4.79 Å². The molecule has 7 nitrogen and oxygen atoms in total. The van der Waals surface area contributed by atoms with Gasteiger partial charge in [-0.1, -0.05) is 36.9 Å². The second-order valence-corrected chi connectivity index (χ2v) is 8.00. The van der Waals surface area contributed by atoms with Gasteiger partial charge < -0.3 is 24.8 Å². The van der Waals surface area contributed by atoms with E-state index in [1.165, 1.54) is 39.0 Å². The molecule has 2 unspecified atom stereocenters. The van der Waals surface area contributed by atoms with Gasteiger partial charge >= 0.3 is 0 Å². The fourth-order valence-electron chi connectivity index (χ4n) is 3.21. The number of para-hydroxylation sites is 1. The van der Waals surface area contributed by atoms with E-state index in [1.807, 2.05) is 18.2 Å². The second-order valence-electron chi connectivity index (χ2n) is 7.59. The van der Waals surface area contributed by atoms with E-state index >= 15 is 0 Å². The quantitative estimate of drug-likeness (QED) is 0.189. The largest absolute Gasteiger partial charge is 0.499 e. The number of allylic oxidation sites excluding steroid dienone is 3. The maximum Gasteiger partial charge on any atom is 0.250 e. The van der Waals surface area contributed by atoms with Crippen LogP contribution in [0.5, 0.6) is 0 Å². The number of thiocarbonyl (C=S) groups is 1. The van der Waals surface area contributed by atoms with Crippen molar-refractivity contribution in [3.63, 3.8) is 0 Å². The molecule has 1 aliphatic rings. The number of hydrogen-bond acceptors (Lipinski definition) is 6. The standard InChI is InChI=1S/C26H33N3O4S/c1-18-9-6-7-12-23(18)27-17-20-10-8-11-21(15-20)28-26(34)29-25(30)14-13-22(32-4)16-24(33-5)19(2)31-3/h6-9,11-16,20,24,27H,2,10,17H2,1,3-5H3,(H2,28,29,30,34)/b14-13+,22-16?. The van der Waals surface area contributed by atoms with Crippen LogP contribution in [0.3, 0.4) is 0 Å². The fourth-order valence-corrected chi connectivity index (χ4v) is 3.43. The van der Waals surface area contributed by atoms with E-state index in [0.29, 0.717) is 17.4 Å². The van der Waals surface area contributed by atoms with Crippen molar-refractivity contribution in [3.8, 4) is 0 Å². The Hall–Kier alpha value is -3.36. The minimum absolute atomic E-state index is 0.212. The van der Waals surface area contributed by atoms with Gasteiger partial charge in [-0.25, -0.2) is 0 Å². The van der Waals surface area contributed by atoms with Gasteiger partial charge in [0, 0.05) is 31.1 Å². The van der Waals surface area contributed by atoms with Gasteiger partial charge in [-0.2, -0.15) is 0 Å². The number of nitrogens with one attached hydrogen (secondary N) is 3. The molecule has 0 radical (unpaired) electrons. The van der Waals surface area contributed by atoms with Crippen LogP contribution in [-0.4, -0.2) is 45.0 Å². The molecule has 0 fully saturated rings. The molecule has 0 spiro atoms. The zero-order valence-corrected chi connectivity index (χ0v) is 20.9. The molecule has 0 aliphatic heterocycles. The lowest BCUT2D eigenvalue weighted by Gasteiger charge is -2.20. The van der Waals surface area contributed by atoms with Gasteiger partial charge in [-0.15, -0.1) is 0 Å². The minimum atomic E-state index is -0.506. The molecule has 1 aromatic rings. The number of anilines is 1. The third-order valence-corrected chi connectivity index (χ3v) is 5.33. The summed E-state index contributed by atoms with van der Waals surface area (Å²) in [7, 11) is 4.53. The molecular formula is C26H33N3O4S. The first kappa shape index (κ1) is 26.9. The van der Waals surface area contributed by atoms with Gasteiger partial charge in [0.1, 0.15) is 17.6 Å².